The van der Waals surface area contributed by atoms with Crippen LogP contribution in [0.3, 0.4) is 0 Å². The highest BCUT2D eigenvalue weighted by molar-refractivity contribution is 7.93. The lowest BCUT2D eigenvalue weighted by Crippen LogP contribution is -2.11. The molecule has 0 bridgehead atoms. The molecule has 0 atom stereocenters. The molecule has 0 unspecified atom stereocenters. The quantitative estimate of drug-likeness (QED) is 0.813. The van der Waals surface area contributed by atoms with Crippen molar-refractivity contribution in [2.75, 3.05) is 11.3 Å². The molecular weight excluding hydrogens is 286 g/mol. The molecule has 0 fully saturated rings. The van der Waals surface area contributed by atoms with E-state index in [4.69, 9.17) is 5.11 Å². The van der Waals surface area contributed by atoms with Gasteiger partial charge in [0.15, 0.2) is 0 Å². The van der Waals surface area contributed by atoms with Crippen LogP contribution >= 0.6 is 11.5 Å². The number of nitrogens with one attached hydrogen (secondary N) is 1. The summed E-state index contributed by atoms with van der Waals surface area (Å²) < 4.78 is 29.9. The summed E-state index contributed by atoms with van der Waals surface area (Å²) in [6.07, 6.45) is 1.34. The number of nitrogens with zero attached hydrogens (tertiary/aromatic N) is 2. The Morgan fingerprint density at radius 1 is 1.32 bits per heavy atom. The SMILES string of the molecule is O=S(=O)(Nc1cnns1)c1ccc(C#CCO)cc1. The van der Waals surface area contributed by atoms with Crippen LogP contribution in [0.15, 0.2) is 35.4 Å². The summed E-state index contributed by atoms with van der Waals surface area (Å²) in [5.41, 5.74) is 0.632. The molecule has 0 saturated heterocycles. The van der Waals surface area contributed by atoms with Gasteiger partial charge in [0, 0.05) is 17.1 Å². The van der Waals surface area contributed by atoms with Crippen LogP contribution in [0.1, 0.15) is 5.56 Å². The van der Waals surface area contributed by atoms with Gasteiger partial charge >= 0.3 is 0 Å². The van der Waals surface area contributed by atoms with Crippen molar-refractivity contribution in [1.29, 1.82) is 0 Å². The Morgan fingerprint density at radius 3 is 2.63 bits per heavy atom. The lowest BCUT2D eigenvalue weighted by Gasteiger charge is -2.04. The molecule has 1 aromatic carbocycles. The fourth-order valence-electron chi connectivity index (χ4n) is 1.26. The number of sulfonamides is 1. The van der Waals surface area contributed by atoms with E-state index in [2.05, 4.69) is 26.1 Å². The zero-order chi connectivity index (χ0) is 13.7. The maximum atomic E-state index is 12.0. The van der Waals surface area contributed by atoms with Crippen molar-refractivity contribution in [3.05, 3.63) is 36.0 Å². The molecular formula is C11H9N3O3S2. The number of rotatable bonds is 3. The first-order chi connectivity index (χ1) is 9.12. The van der Waals surface area contributed by atoms with Crippen molar-refractivity contribution in [2.24, 2.45) is 0 Å². The van der Waals surface area contributed by atoms with Crippen molar-refractivity contribution >= 4 is 26.6 Å². The van der Waals surface area contributed by atoms with Gasteiger partial charge in [0.1, 0.15) is 11.6 Å². The van der Waals surface area contributed by atoms with E-state index in [1.807, 2.05) is 0 Å². The monoisotopic (exact) mass is 295 g/mol. The number of hydrogen-bond donors (Lipinski definition) is 2. The highest BCUT2D eigenvalue weighted by atomic mass is 32.2. The van der Waals surface area contributed by atoms with E-state index in [0.29, 0.717) is 10.6 Å². The van der Waals surface area contributed by atoms with Crippen LogP contribution in [0, 0.1) is 11.8 Å². The van der Waals surface area contributed by atoms with Gasteiger partial charge in [-0.15, -0.1) is 5.10 Å². The van der Waals surface area contributed by atoms with Gasteiger partial charge in [-0.2, -0.15) is 0 Å². The first-order valence-corrected chi connectivity index (χ1v) is 7.37. The molecule has 2 aromatic rings. The summed E-state index contributed by atoms with van der Waals surface area (Å²) in [4.78, 5) is 0.121. The van der Waals surface area contributed by atoms with Crippen LogP contribution < -0.4 is 4.72 Å². The lowest BCUT2D eigenvalue weighted by atomic mass is 10.2. The molecule has 0 amide bonds. The van der Waals surface area contributed by atoms with E-state index in [9.17, 15) is 8.42 Å². The standard InChI is InChI=1S/C11H9N3O3S2/c15-7-1-2-9-3-5-10(6-4-9)19(16,17)13-11-8-12-14-18-11/h3-6,8,13,15H,7H2. The molecule has 0 aliphatic heterocycles. The summed E-state index contributed by atoms with van der Waals surface area (Å²) in [6, 6.07) is 6.03. The molecule has 0 spiro atoms. The van der Waals surface area contributed by atoms with Crippen LogP contribution in [0.25, 0.3) is 0 Å². The first-order valence-electron chi connectivity index (χ1n) is 5.12. The molecule has 19 heavy (non-hydrogen) atoms. The van der Waals surface area contributed by atoms with Crippen molar-refractivity contribution < 1.29 is 13.5 Å². The maximum absolute atomic E-state index is 12.0. The average Bonchev–Trinajstić information content (AvgIpc) is 2.89. The second-order valence-corrected chi connectivity index (χ2v) is 5.84. The Labute approximate surface area is 114 Å². The van der Waals surface area contributed by atoms with E-state index in [1.165, 1.54) is 18.3 Å². The smallest absolute Gasteiger partial charge is 0.262 e. The minimum absolute atomic E-state index is 0.121. The zero-order valence-electron chi connectivity index (χ0n) is 9.57. The molecule has 0 radical (unpaired) electrons. The molecule has 1 heterocycles. The summed E-state index contributed by atoms with van der Waals surface area (Å²) in [5.74, 6) is 5.17. The van der Waals surface area contributed by atoms with Crippen molar-refractivity contribution in [3.8, 4) is 11.8 Å². The summed E-state index contributed by atoms with van der Waals surface area (Å²) >= 11 is 0.957. The van der Waals surface area contributed by atoms with Gasteiger partial charge in [0.2, 0.25) is 0 Å². The highest BCUT2D eigenvalue weighted by Gasteiger charge is 2.14. The van der Waals surface area contributed by atoms with Crippen LogP contribution in [0.2, 0.25) is 0 Å². The topological polar surface area (TPSA) is 92.2 Å². The molecule has 0 aliphatic rings. The van der Waals surface area contributed by atoms with Crippen LogP contribution in [0.5, 0.6) is 0 Å². The molecule has 0 saturated carbocycles. The Morgan fingerprint density at radius 2 is 2.05 bits per heavy atom. The van der Waals surface area contributed by atoms with Crippen molar-refractivity contribution in [3.63, 3.8) is 0 Å². The molecule has 0 aliphatic carbocycles. The second-order valence-electron chi connectivity index (χ2n) is 3.37. The van der Waals surface area contributed by atoms with Gasteiger partial charge < -0.3 is 5.11 Å². The fourth-order valence-corrected chi connectivity index (χ4v) is 2.95. The molecule has 6 nitrogen and oxygen atoms in total. The van der Waals surface area contributed by atoms with Crippen molar-refractivity contribution in [2.45, 2.75) is 4.90 Å². The summed E-state index contributed by atoms with van der Waals surface area (Å²) in [5, 5.41) is 12.5. The third-order valence-electron chi connectivity index (χ3n) is 2.07. The first kappa shape index (κ1) is 13.5. The normalized spacial score (nSPS) is 10.6. The number of benzene rings is 1. The third kappa shape index (κ3) is 3.51. The third-order valence-corrected chi connectivity index (χ3v) is 4.16. The summed E-state index contributed by atoms with van der Waals surface area (Å²) in [7, 11) is -3.64. The Balaban J connectivity index is 2.21. The van der Waals surface area contributed by atoms with Gasteiger partial charge in [-0.05, 0) is 24.3 Å². The Bertz CT molecular complexity index is 698. The number of aliphatic hydroxyl groups is 1. The van der Waals surface area contributed by atoms with Crippen LogP contribution in [-0.2, 0) is 10.0 Å². The Hall–Kier alpha value is -1.95. The van der Waals surface area contributed by atoms with Crippen LogP contribution in [0.4, 0.5) is 5.00 Å². The van der Waals surface area contributed by atoms with E-state index in [1.54, 1.807) is 12.1 Å². The molecule has 2 rings (SSSR count). The van der Waals surface area contributed by atoms with E-state index in [-0.39, 0.29) is 11.5 Å². The number of aromatic nitrogens is 2. The number of aliphatic hydroxyl groups excluding tert-OH is 1. The molecule has 8 heteroatoms. The predicted octanol–water partition coefficient (Wildman–Crippen LogP) is 0.683. The van der Waals surface area contributed by atoms with Gasteiger partial charge in [-0.3, -0.25) is 4.72 Å². The maximum Gasteiger partial charge on any atom is 0.262 e. The number of anilines is 1. The van der Waals surface area contributed by atoms with Gasteiger partial charge in [0.05, 0.1) is 11.1 Å². The Kier molecular flexibility index (Phi) is 4.11. The molecule has 1 aromatic heterocycles. The minimum Gasteiger partial charge on any atom is -0.384 e. The van der Waals surface area contributed by atoms with Gasteiger partial charge in [-0.1, -0.05) is 16.3 Å². The van der Waals surface area contributed by atoms with E-state index < -0.39 is 10.0 Å². The van der Waals surface area contributed by atoms with E-state index >= 15 is 0 Å². The van der Waals surface area contributed by atoms with Crippen molar-refractivity contribution in [1.82, 2.24) is 9.59 Å². The summed E-state index contributed by atoms with van der Waals surface area (Å²) in [6.45, 7) is -0.236. The van der Waals surface area contributed by atoms with Gasteiger partial charge in [0.25, 0.3) is 10.0 Å². The second kappa shape index (κ2) is 5.79. The lowest BCUT2D eigenvalue weighted by molar-refractivity contribution is 0.350. The van der Waals surface area contributed by atoms with Crippen LogP contribution in [-0.4, -0.2) is 29.7 Å². The predicted molar refractivity (Wildman–Crippen MR) is 71.1 cm³/mol. The average molecular weight is 295 g/mol. The molecule has 2 N–H and O–H groups in total. The number of hydrogen-bond acceptors (Lipinski definition) is 6. The fraction of sp³-hybridized carbons (Fsp3) is 0.0909. The molecule has 98 valence electrons. The highest BCUT2D eigenvalue weighted by Crippen LogP contribution is 2.17. The van der Waals surface area contributed by atoms with Gasteiger partial charge in [-0.25, -0.2) is 8.42 Å². The minimum atomic E-state index is -3.64. The largest absolute Gasteiger partial charge is 0.384 e. The van der Waals surface area contributed by atoms with E-state index in [0.717, 1.165) is 11.5 Å². The zero-order valence-corrected chi connectivity index (χ0v) is 11.2.